The standard InChI is InChI=1S/C15H22N2O2/c1-3-17(14-9-13(18)7-4-10(14)2)15(19)11-5-6-12(16)8-11/h4,7,9,11-12,18H,3,5-6,8,16H2,1-2H3. The topological polar surface area (TPSA) is 66.6 Å². The van der Waals surface area contributed by atoms with Crippen molar-refractivity contribution < 1.29 is 9.90 Å². The van der Waals surface area contributed by atoms with Crippen molar-refractivity contribution in [3.05, 3.63) is 23.8 Å². The van der Waals surface area contributed by atoms with Gasteiger partial charge in [-0.05, 0) is 44.7 Å². The molecule has 2 rings (SSSR count). The minimum Gasteiger partial charge on any atom is -0.508 e. The summed E-state index contributed by atoms with van der Waals surface area (Å²) in [5, 5.41) is 9.61. The number of phenolic OH excluding ortho intramolecular Hbond substituents is 1. The highest BCUT2D eigenvalue weighted by molar-refractivity contribution is 5.96. The van der Waals surface area contributed by atoms with E-state index < -0.39 is 0 Å². The Morgan fingerprint density at radius 2 is 2.21 bits per heavy atom. The van der Waals surface area contributed by atoms with Gasteiger partial charge in [0.05, 0.1) is 5.69 Å². The number of hydrogen-bond donors (Lipinski definition) is 2. The van der Waals surface area contributed by atoms with Crippen LogP contribution in [0.25, 0.3) is 0 Å². The van der Waals surface area contributed by atoms with Crippen LogP contribution in [0.1, 0.15) is 31.7 Å². The first kappa shape index (κ1) is 13.9. The third-order valence-electron chi connectivity index (χ3n) is 3.89. The highest BCUT2D eigenvalue weighted by Gasteiger charge is 2.31. The van der Waals surface area contributed by atoms with Gasteiger partial charge in [0.1, 0.15) is 5.75 Å². The van der Waals surface area contributed by atoms with Crippen LogP contribution < -0.4 is 10.6 Å². The Morgan fingerprint density at radius 1 is 1.47 bits per heavy atom. The number of anilines is 1. The van der Waals surface area contributed by atoms with Crippen LogP contribution in [0.3, 0.4) is 0 Å². The molecule has 4 heteroatoms. The van der Waals surface area contributed by atoms with Gasteiger partial charge < -0.3 is 15.7 Å². The summed E-state index contributed by atoms with van der Waals surface area (Å²) in [6, 6.07) is 5.29. The number of carbonyl (C=O) groups is 1. The lowest BCUT2D eigenvalue weighted by molar-refractivity contribution is -0.122. The first-order valence-corrected chi connectivity index (χ1v) is 6.89. The highest BCUT2D eigenvalue weighted by Crippen LogP contribution is 2.31. The zero-order valence-electron chi connectivity index (χ0n) is 11.6. The van der Waals surface area contributed by atoms with Gasteiger partial charge in [-0.3, -0.25) is 4.79 Å². The van der Waals surface area contributed by atoms with E-state index in [1.165, 1.54) is 0 Å². The second kappa shape index (κ2) is 5.61. The molecule has 2 atom stereocenters. The van der Waals surface area contributed by atoms with Crippen LogP contribution in [-0.2, 0) is 4.79 Å². The lowest BCUT2D eigenvalue weighted by Crippen LogP contribution is -2.36. The van der Waals surface area contributed by atoms with Gasteiger partial charge in [0, 0.05) is 24.6 Å². The summed E-state index contributed by atoms with van der Waals surface area (Å²) in [4.78, 5) is 14.3. The molecule has 0 aliphatic heterocycles. The maximum Gasteiger partial charge on any atom is 0.230 e. The Morgan fingerprint density at radius 3 is 2.79 bits per heavy atom. The number of aryl methyl sites for hydroxylation is 1. The van der Waals surface area contributed by atoms with Crippen molar-refractivity contribution in [3.8, 4) is 5.75 Å². The highest BCUT2D eigenvalue weighted by atomic mass is 16.3. The molecule has 1 aromatic rings. The molecule has 0 saturated heterocycles. The van der Waals surface area contributed by atoms with E-state index in [1.807, 2.05) is 19.9 Å². The molecule has 0 heterocycles. The fourth-order valence-electron chi connectivity index (χ4n) is 2.79. The molecule has 0 bridgehead atoms. The van der Waals surface area contributed by atoms with Gasteiger partial charge in [0.2, 0.25) is 5.91 Å². The van der Waals surface area contributed by atoms with Crippen LogP contribution in [0.5, 0.6) is 5.75 Å². The molecule has 104 valence electrons. The van der Waals surface area contributed by atoms with Crippen LogP contribution >= 0.6 is 0 Å². The lowest BCUT2D eigenvalue weighted by Gasteiger charge is -2.26. The van der Waals surface area contributed by atoms with Crippen LogP contribution in [0.2, 0.25) is 0 Å². The summed E-state index contributed by atoms with van der Waals surface area (Å²) in [7, 11) is 0. The molecular weight excluding hydrogens is 240 g/mol. The maximum atomic E-state index is 12.6. The summed E-state index contributed by atoms with van der Waals surface area (Å²) in [6.45, 7) is 4.51. The molecule has 19 heavy (non-hydrogen) atoms. The predicted octanol–water partition coefficient (Wildman–Crippen LogP) is 2.18. The Bertz CT molecular complexity index is 473. The lowest BCUT2D eigenvalue weighted by atomic mass is 10.0. The molecule has 2 unspecified atom stereocenters. The normalized spacial score (nSPS) is 22.5. The van der Waals surface area contributed by atoms with Crippen LogP contribution in [0, 0.1) is 12.8 Å². The summed E-state index contributed by atoms with van der Waals surface area (Å²) in [5.74, 6) is 0.343. The van der Waals surface area contributed by atoms with Gasteiger partial charge >= 0.3 is 0 Å². The van der Waals surface area contributed by atoms with Gasteiger partial charge in [-0.2, -0.15) is 0 Å². The van der Waals surface area contributed by atoms with E-state index >= 15 is 0 Å². The molecule has 0 aromatic heterocycles. The second-order valence-corrected chi connectivity index (χ2v) is 5.32. The molecule has 1 aromatic carbocycles. The van der Waals surface area contributed by atoms with Gasteiger partial charge in [0.15, 0.2) is 0 Å². The molecule has 4 nitrogen and oxygen atoms in total. The average Bonchev–Trinajstić information content (AvgIpc) is 2.81. The van der Waals surface area contributed by atoms with Crippen LogP contribution in [0.4, 0.5) is 5.69 Å². The minimum absolute atomic E-state index is 0.0247. The van der Waals surface area contributed by atoms with Crippen molar-refractivity contribution in [1.82, 2.24) is 0 Å². The van der Waals surface area contributed by atoms with Gasteiger partial charge in [-0.1, -0.05) is 6.07 Å². The van der Waals surface area contributed by atoms with E-state index in [2.05, 4.69) is 0 Å². The van der Waals surface area contributed by atoms with Crippen molar-refractivity contribution in [3.63, 3.8) is 0 Å². The molecule has 1 saturated carbocycles. The second-order valence-electron chi connectivity index (χ2n) is 5.32. The first-order chi connectivity index (χ1) is 9.02. The monoisotopic (exact) mass is 262 g/mol. The third kappa shape index (κ3) is 2.89. The Labute approximate surface area is 114 Å². The van der Waals surface area contributed by atoms with Crippen molar-refractivity contribution in [1.29, 1.82) is 0 Å². The number of aromatic hydroxyl groups is 1. The number of phenols is 1. The minimum atomic E-state index is 0.0247. The predicted molar refractivity (Wildman–Crippen MR) is 76.2 cm³/mol. The zero-order chi connectivity index (χ0) is 14.0. The van der Waals surface area contributed by atoms with E-state index in [0.29, 0.717) is 6.54 Å². The van der Waals surface area contributed by atoms with Crippen LogP contribution in [-0.4, -0.2) is 23.6 Å². The van der Waals surface area contributed by atoms with Gasteiger partial charge in [-0.15, -0.1) is 0 Å². The molecule has 1 amide bonds. The number of amides is 1. The molecule has 0 spiro atoms. The molecule has 3 N–H and O–H groups in total. The van der Waals surface area contributed by atoms with Crippen LogP contribution in [0.15, 0.2) is 18.2 Å². The first-order valence-electron chi connectivity index (χ1n) is 6.89. The van der Waals surface area contributed by atoms with E-state index in [0.717, 1.165) is 30.5 Å². The molecular formula is C15H22N2O2. The van der Waals surface area contributed by atoms with Crippen molar-refractivity contribution >= 4 is 11.6 Å². The van der Waals surface area contributed by atoms with Crippen molar-refractivity contribution in [2.45, 2.75) is 39.2 Å². The number of benzene rings is 1. The zero-order valence-corrected chi connectivity index (χ0v) is 11.6. The number of hydrogen-bond acceptors (Lipinski definition) is 3. The molecule has 0 radical (unpaired) electrons. The van der Waals surface area contributed by atoms with E-state index in [-0.39, 0.29) is 23.6 Å². The number of carbonyl (C=O) groups excluding carboxylic acids is 1. The fourth-order valence-corrected chi connectivity index (χ4v) is 2.79. The molecule has 1 aliphatic carbocycles. The van der Waals surface area contributed by atoms with Gasteiger partial charge in [-0.25, -0.2) is 0 Å². The largest absolute Gasteiger partial charge is 0.508 e. The SMILES string of the molecule is CCN(C(=O)C1CCC(N)C1)c1cc(O)ccc1C. The third-order valence-corrected chi connectivity index (χ3v) is 3.89. The smallest absolute Gasteiger partial charge is 0.230 e. The van der Waals surface area contributed by atoms with Gasteiger partial charge in [0.25, 0.3) is 0 Å². The molecule has 1 aliphatic rings. The van der Waals surface area contributed by atoms with E-state index in [4.69, 9.17) is 5.73 Å². The average molecular weight is 262 g/mol. The number of nitrogens with zero attached hydrogens (tertiary/aromatic N) is 1. The summed E-state index contributed by atoms with van der Waals surface area (Å²) >= 11 is 0. The summed E-state index contributed by atoms with van der Waals surface area (Å²) < 4.78 is 0. The maximum absolute atomic E-state index is 12.6. The van der Waals surface area contributed by atoms with E-state index in [9.17, 15) is 9.90 Å². The fraction of sp³-hybridized carbons (Fsp3) is 0.533. The summed E-state index contributed by atoms with van der Waals surface area (Å²) in [6.07, 6.45) is 2.56. The van der Waals surface area contributed by atoms with Crippen molar-refractivity contribution in [2.75, 3.05) is 11.4 Å². The molecule has 1 fully saturated rings. The quantitative estimate of drug-likeness (QED) is 0.877. The number of nitrogens with two attached hydrogens (primary N) is 1. The van der Waals surface area contributed by atoms with E-state index in [1.54, 1.807) is 17.0 Å². The Kier molecular flexibility index (Phi) is 4.10. The Hall–Kier alpha value is -1.55. The number of rotatable bonds is 3. The van der Waals surface area contributed by atoms with Crippen molar-refractivity contribution in [2.24, 2.45) is 11.7 Å². The summed E-state index contributed by atoms with van der Waals surface area (Å²) in [5.41, 5.74) is 7.68. The Balaban J connectivity index is 2.24.